The molecule has 0 saturated carbocycles. The smallest absolute Gasteiger partial charge is 1.00 e. The monoisotopic (exact) mass is 523 g/mol. The van der Waals surface area contributed by atoms with Crippen molar-refractivity contribution in [1.29, 1.82) is 0 Å². The molecule has 0 aliphatic heterocycles. The van der Waals surface area contributed by atoms with E-state index in [2.05, 4.69) is 98.9 Å². The summed E-state index contributed by atoms with van der Waals surface area (Å²) in [6.45, 7) is 7.27. The summed E-state index contributed by atoms with van der Waals surface area (Å²) in [7, 11) is 0. The Kier molecular flexibility index (Phi) is 7.46. The summed E-state index contributed by atoms with van der Waals surface area (Å²) in [5.41, 5.74) is 7.28. The molecular weight excluding hydrogens is 503 g/mol. The van der Waals surface area contributed by atoms with Crippen molar-refractivity contribution in [1.82, 2.24) is 0 Å². The van der Waals surface area contributed by atoms with Crippen molar-refractivity contribution in [3.63, 3.8) is 0 Å². The second kappa shape index (κ2) is 9.53. The van der Waals surface area contributed by atoms with Crippen molar-refractivity contribution < 1.29 is 46.7 Å². The number of hydrogen-bond acceptors (Lipinski definition) is 0. The number of allylic oxidation sites excluding steroid dienone is 1. The van der Waals surface area contributed by atoms with Gasteiger partial charge in [-0.05, 0) is 0 Å². The first kappa shape index (κ1) is 23.5. The zero-order chi connectivity index (χ0) is 19.3. The first-order valence-electron chi connectivity index (χ1n) is 9.91. The summed E-state index contributed by atoms with van der Waals surface area (Å²) < 4.78 is 0.688. The molecule has 0 fully saturated rings. The molecule has 30 heavy (non-hydrogen) atoms. The standard InChI is InChI=1S/C24H17.C2H6Si.2ClH.Zr/c1-16-12-20-11-10-17-6-4-5-9-22(17)24(20)23(13-16)21-14-18-7-2-3-8-19(18)15-21;1-3-2;;;/h2-15H,1H3;1-2H3;2*1H;/q;;;;+2/p-2. The fourth-order valence-electron chi connectivity index (χ4n) is 4.52. The van der Waals surface area contributed by atoms with E-state index in [0.717, 1.165) is 0 Å². The van der Waals surface area contributed by atoms with Crippen molar-refractivity contribution >= 4 is 38.6 Å². The summed E-state index contributed by atoms with van der Waals surface area (Å²) in [5, 5.41) is 5.53. The molecule has 4 aromatic rings. The third kappa shape index (κ3) is 4.13. The van der Waals surface area contributed by atoms with Crippen LogP contribution in [0.5, 0.6) is 0 Å². The SMILES string of the molecule is Cc1cc(C2=Cc3ccccc3[CH]2[Zr+2]=[Si](C)C)c2c(ccc3ccccc32)c1.[Cl-].[Cl-]. The molecule has 0 N–H and O–H groups in total. The summed E-state index contributed by atoms with van der Waals surface area (Å²) in [6, 6.07) is 27.3. The van der Waals surface area contributed by atoms with E-state index < -0.39 is 21.9 Å². The molecule has 1 aliphatic rings. The van der Waals surface area contributed by atoms with Crippen LogP contribution in [0.3, 0.4) is 0 Å². The van der Waals surface area contributed by atoms with E-state index in [0.29, 0.717) is 3.63 Å². The van der Waals surface area contributed by atoms with Gasteiger partial charge in [-0.1, -0.05) is 0 Å². The normalized spacial score (nSPS) is 14.4. The predicted molar refractivity (Wildman–Crippen MR) is 121 cm³/mol. The fourth-order valence-corrected chi connectivity index (χ4v) is 13.2. The quantitative estimate of drug-likeness (QED) is 0.273. The van der Waals surface area contributed by atoms with Crippen molar-refractivity contribution in [3.8, 4) is 0 Å². The molecule has 4 heteroatoms. The zero-order valence-corrected chi connectivity index (χ0v) is 22.3. The van der Waals surface area contributed by atoms with Crippen LogP contribution in [0.1, 0.15) is 25.9 Å². The van der Waals surface area contributed by atoms with E-state index in [1.165, 1.54) is 38.2 Å². The predicted octanol–water partition coefficient (Wildman–Crippen LogP) is 1.24. The number of halogens is 2. The maximum absolute atomic E-state index is 2.51. The van der Waals surface area contributed by atoms with Crippen LogP contribution in [-0.2, 0) is 21.9 Å². The largest absolute Gasteiger partial charge is 1.00 e. The number of hydrogen-bond donors (Lipinski definition) is 0. The number of aryl methyl sites for hydroxylation is 1. The molecule has 0 nitrogen and oxygen atoms in total. The van der Waals surface area contributed by atoms with Gasteiger partial charge in [-0.15, -0.1) is 0 Å². The number of benzene rings is 4. The van der Waals surface area contributed by atoms with Crippen LogP contribution in [0.25, 0.3) is 33.2 Å². The minimum atomic E-state index is -0.501. The summed E-state index contributed by atoms with van der Waals surface area (Å²) >= 11 is -0.501. The van der Waals surface area contributed by atoms with E-state index in [1.54, 1.807) is 11.1 Å². The second-order valence-electron chi connectivity index (χ2n) is 8.00. The molecule has 0 saturated heterocycles. The maximum atomic E-state index is 2.51. The third-order valence-corrected chi connectivity index (χ3v) is 14.4. The van der Waals surface area contributed by atoms with E-state index in [-0.39, 0.29) is 30.2 Å². The topological polar surface area (TPSA) is 0 Å². The Morgan fingerprint density at radius 2 is 1.50 bits per heavy atom. The molecule has 149 valence electrons. The van der Waals surface area contributed by atoms with Gasteiger partial charge in [0.25, 0.3) is 0 Å². The van der Waals surface area contributed by atoms with Gasteiger partial charge >= 0.3 is 179 Å². The Bertz CT molecular complexity index is 1300. The van der Waals surface area contributed by atoms with Crippen molar-refractivity contribution in [2.24, 2.45) is 0 Å². The van der Waals surface area contributed by atoms with Gasteiger partial charge in [-0.25, -0.2) is 0 Å². The van der Waals surface area contributed by atoms with E-state index in [1.807, 2.05) is 0 Å². The fraction of sp³-hybridized carbons (Fsp3) is 0.154. The summed E-state index contributed by atoms with van der Waals surface area (Å²) in [5.74, 6) is 0. The molecule has 0 heterocycles. The molecule has 4 aromatic carbocycles. The average Bonchev–Trinajstić information content (AvgIpc) is 3.05. The van der Waals surface area contributed by atoms with Crippen molar-refractivity contribution in [3.05, 3.63) is 95.1 Å². The van der Waals surface area contributed by atoms with Crippen LogP contribution in [0.2, 0.25) is 13.1 Å². The van der Waals surface area contributed by atoms with E-state index in [4.69, 9.17) is 0 Å². The van der Waals surface area contributed by atoms with E-state index in [9.17, 15) is 0 Å². The molecule has 5 rings (SSSR count). The molecule has 1 atom stereocenters. The van der Waals surface area contributed by atoms with Crippen LogP contribution in [0.4, 0.5) is 0 Å². The summed E-state index contributed by atoms with van der Waals surface area (Å²) in [6.07, 6.45) is 2.50. The second-order valence-corrected chi connectivity index (χ2v) is 21.2. The van der Waals surface area contributed by atoms with Gasteiger partial charge in [-0.2, -0.15) is 0 Å². The van der Waals surface area contributed by atoms with Gasteiger partial charge in [0.1, 0.15) is 0 Å². The molecular formula is C26H23Cl2SiZr. The van der Waals surface area contributed by atoms with E-state index >= 15 is 0 Å². The molecule has 0 bridgehead atoms. The third-order valence-electron chi connectivity index (χ3n) is 5.66. The van der Waals surface area contributed by atoms with Crippen LogP contribution in [-0.4, -0.2) is 5.43 Å². The molecule has 1 aliphatic carbocycles. The van der Waals surface area contributed by atoms with Gasteiger partial charge < -0.3 is 24.8 Å². The van der Waals surface area contributed by atoms with Gasteiger partial charge in [0.15, 0.2) is 0 Å². The van der Waals surface area contributed by atoms with Gasteiger partial charge in [0.2, 0.25) is 0 Å². The van der Waals surface area contributed by atoms with Gasteiger partial charge in [0, 0.05) is 0 Å². The zero-order valence-electron chi connectivity index (χ0n) is 17.3. The molecule has 0 spiro atoms. The first-order chi connectivity index (χ1) is 13.6. The Morgan fingerprint density at radius 3 is 2.30 bits per heavy atom. The average molecular weight is 526 g/mol. The maximum Gasteiger partial charge on any atom is -1.00 e. The number of fused-ring (bicyclic) bond motifs is 4. The Morgan fingerprint density at radius 1 is 0.800 bits per heavy atom. The van der Waals surface area contributed by atoms with Crippen LogP contribution in [0.15, 0.2) is 72.8 Å². The number of rotatable bonds is 2. The van der Waals surface area contributed by atoms with Crippen LogP contribution < -0.4 is 24.8 Å². The van der Waals surface area contributed by atoms with Gasteiger partial charge in [0.05, 0.1) is 0 Å². The molecule has 1 unspecified atom stereocenters. The first-order valence-corrected chi connectivity index (χ1v) is 17.5. The van der Waals surface area contributed by atoms with Crippen LogP contribution >= 0.6 is 0 Å². The molecule has 0 amide bonds. The molecule has 0 aromatic heterocycles. The Labute approximate surface area is 202 Å². The van der Waals surface area contributed by atoms with Gasteiger partial charge in [-0.3, -0.25) is 0 Å². The Balaban J connectivity index is 0.00000128. The minimum absolute atomic E-state index is 0. The van der Waals surface area contributed by atoms with Crippen molar-refractivity contribution in [2.45, 2.75) is 23.6 Å². The molecule has 0 radical (unpaired) electrons. The minimum Gasteiger partial charge on any atom is -1.00 e. The Hall–Kier alpha value is -1.18. The van der Waals surface area contributed by atoms with Crippen LogP contribution in [0, 0.1) is 6.92 Å². The van der Waals surface area contributed by atoms with Crippen molar-refractivity contribution in [2.75, 3.05) is 0 Å². The summed E-state index contributed by atoms with van der Waals surface area (Å²) in [4.78, 5) is 0.